The number of thioether (sulfide) groups is 1. The predicted molar refractivity (Wildman–Crippen MR) is 109 cm³/mol. The van der Waals surface area contributed by atoms with Crippen LogP contribution in [0, 0.1) is 5.82 Å². The molecular formula is C20H18Cl2FNO3S. The summed E-state index contributed by atoms with van der Waals surface area (Å²) in [5.41, 5.74) is 0.888. The van der Waals surface area contributed by atoms with Crippen LogP contribution in [0.1, 0.15) is 35.1 Å². The molecule has 8 heteroatoms. The van der Waals surface area contributed by atoms with E-state index < -0.39 is 29.1 Å². The van der Waals surface area contributed by atoms with Crippen LogP contribution in [-0.2, 0) is 9.53 Å². The second-order valence-electron chi connectivity index (χ2n) is 6.58. The number of hydrogen-bond acceptors (Lipinski definition) is 4. The minimum atomic E-state index is -0.789. The molecule has 0 radical (unpaired) electrons. The molecule has 0 aromatic heterocycles. The summed E-state index contributed by atoms with van der Waals surface area (Å²) in [6.45, 7) is 3.49. The largest absolute Gasteiger partial charge is 0.461 e. The first-order chi connectivity index (χ1) is 13.3. The van der Waals surface area contributed by atoms with E-state index in [0.717, 1.165) is 11.6 Å². The maximum Gasteiger partial charge on any atom is 0.330 e. The molecule has 148 valence electrons. The Labute approximate surface area is 176 Å². The number of benzene rings is 2. The summed E-state index contributed by atoms with van der Waals surface area (Å²) in [7, 11) is 0. The number of nitrogens with zero attached hydrogens (tertiary/aromatic N) is 1. The number of esters is 1. The summed E-state index contributed by atoms with van der Waals surface area (Å²) in [5, 5.41) is 0.272. The number of carbonyl (C=O) groups excluding carboxylic acids is 2. The number of ether oxygens (including phenoxy) is 1. The molecule has 2 unspecified atom stereocenters. The Hall–Kier alpha value is -1.76. The first-order valence-electron chi connectivity index (χ1n) is 8.63. The Morgan fingerprint density at radius 2 is 1.93 bits per heavy atom. The van der Waals surface area contributed by atoms with Crippen LogP contribution >= 0.6 is 35.0 Å². The average molecular weight is 442 g/mol. The smallest absolute Gasteiger partial charge is 0.330 e. The first kappa shape index (κ1) is 21.0. The number of rotatable bonds is 4. The van der Waals surface area contributed by atoms with Gasteiger partial charge in [-0.25, -0.2) is 9.18 Å². The molecule has 4 nitrogen and oxygen atoms in total. The molecule has 1 fully saturated rings. The normalized spacial score (nSPS) is 19.1. The molecule has 0 spiro atoms. The van der Waals surface area contributed by atoms with Gasteiger partial charge >= 0.3 is 5.97 Å². The number of carbonyl (C=O) groups is 2. The second-order valence-corrected chi connectivity index (χ2v) is 8.51. The van der Waals surface area contributed by atoms with Crippen LogP contribution in [0.25, 0.3) is 0 Å². The lowest BCUT2D eigenvalue weighted by molar-refractivity contribution is -0.151. The van der Waals surface area contributed by atoms with Crippen molar-refractivity contribution in [2.45, 2.75) is 31.4 Å². The summed E-state index contributed by atoms with van der Waals surface area (Å²) in [6, 6.07) is 9.68. The third-order valence-corrected chi connectivity index (χ3v) is 6.22. The zero-order valence-corrected chi connectivity index (χ0v) is 17.5. The fourth-order valence-corrected chi connectivity index (χ4v) is 4.65. The van der Waals surface area contributed by atoms with Gasteiger partial charge in [-0.15, -0.1) is 11.8 Å². The van der Waals surface area contributed by atoms with Gasteiger partial charge in [0.25, 0.3) is 5.91 Å². The van der Waals surface area contributed by atoms with Crippen LogP contribution in [0.5, 0.6) is 0 Å². The third-order valence-electron chi connectivity index (χ3n) is 4.16. The van der Waals surface area contributed by atoms with E-state index in [-0.39, 0.29) is 11.7 Å². The van der Waals surface area contributed by atoms with E-state index in [1.807, 2.05) is 0 Å². The number of hydrogen-bond donors (Lipinski definition) is 0. The number of amides is 1. The highest BCUT2D eigenvalue weighted by molar-refractivity contribution is 7.99. The lowest BCUT2D eigenvalue weighted by Gasteiger charge is -2.29. The van der Waals surface area contributed by atoms with Gasteiger partial charge in [0, 0.05) is 11.3 Å². The summed E-state index contributed by atoms with van der Waals surface area (Å²) < 4.78 is 19.0. The molecule has 0 saturated carbocycles. The summed E-state index contributed by atoms with van der Waals surface area (Å²) in [5.74, 6) is -1.11. The van der Waals surface area contributed by atoms with Crippen molar-refractivity contribution in [2.75, 3.05) is 5.75 Å². The van der Waals surface area contributed by atoms with E-state index >= 15 is 0 Å². The van der Waals surface area contributed by atoms with Gasteiger partial charge in [-0.05, 0) is 49.7 Å². The highest BCUT2D eigenvalue weighted by Crippen LogP contribution is 2.44. The van der Waals surface area contributed by atoms with Gasteiger partial charge < -0.3 is 9.64 Å². The zero-order valence-electron chi connectivity index (χ0n) is 15.2. The SMILES string of the molecule is CC(C)OC(=O)C1CSC(c2ccc(Cl)c(Cl)c2)N1C(=O)c1cccc(F)c1. The summed E-state index contributed by atoms with van der Waals surface area (Å²) >= 11 is 13.6. The van der Waals surface area contributed by atoms with Crippen LogP contribution in [0.2, 0.25) is 10.0 Å². The molecule has 0 aliphatic carbocycles. The van der Waals surface area contributed by atoms with Gasteiger partial charge in [-0.2, -0.15) is 0 Å². The quantitative estimate of drug-likeness (QED) is 0.600. The Morgan fingerprint density at radius 3 is 2.57 bits per heavy atom. The first-order valence-corrected chi connectivity index (χ1v) is 10.4. The molecule has 1 aliphatic heterocycles. The molecule has 1 saturated heterocycles. The van der Waals surface area contributed by atoms with Crippen molar-refractivity contribution in [2.24, 2.45) is 0 Å². The maximum absolute atomic E-state index is 13.7. The minimum absolute atomic E-state index is 0.162. The van der Waals surface area contributed by atoms with Crippen molar-refractivity contribution < 1.29 is 18.7 Å². The van der Waals surface area contributed by atoms with Crippen molar-refractivity contribution in [3.05, 3.63) is 69.5 Å². The molecule has 1 aliphatic rings. The van der Waals surface area contributed by atoms with Crippen LogP contribution in [0.3, 0.4) is 0 Å². The Balaban J connectivity index is 2.00. The molecule has 28 heavy (non-hydrogen) atoms. The van der Waals surface area contributed by atoms with E-state index in [1.165, 1.54) is 34.9 Å². The van der Waals surface area contributed by atoms with Gasteiger partial charge in [0.2, 0.25) is 0 Å². The molecule has 0 N–H and O–H groups in total. The topological polar surface area (TPSA) is 46.6 Å². The molecule has 1 amide bonds. The lowest BCUT2D eigenvalue weighted by Crippen LogP contribution is -2.44. The maximum atomic E-state index is 13.7. The van der Waals surface area contributed by atoms with E-state index in [1.54, 1.807) is 32.0 Å². The molecule has 2 aromatic rings. The fourth-order valence-electron chi connectivity index (χ4n) is 2.94. The highest BCUT2D eigenvalue weighted by Gasteiger charge is 2.43. The van der Waals surface area contributed by atoms with Gasteiger partial charge in [0.15, 0.2) is 0 Å². The van der Waals surface area contributed by atoms with Gasteiger partial charge in [0.1, 0.15) is 17.2 Å². The van der Waals surface area contributed by atoms with E-state index in [2.05, 4.69) is 0 Å². The minimum Gasteiger partial charge on any atom is -0.461 e. The summed E-state index contributed by atoms with van der Waals surface area (Å²) in [4.78, 5) is 27.3. The van der Waals surface area contributed by atoms with E-state index in [4.69, 9.17) is 27.9 Å². The van der Waals surface area contributed by atoms with Crippen molar-refractivity contribution >= 4 is 46.8 Å². The van der Waals surface area contributed by atoms with Crippen molar-refractivity contribution in [3.8, 4) is 0 Å². The Kier molecular flexibility index (Phi) is 6.53. The monoisotopic (exact) mass is 441 g/mol. The Morgan fingerprint density at radius 1 is 1.18 bits per heavy atom. The van der Waals surface area contributed by atoms with Crippen molar-refractivity contribution in [1.29, 1.82) is 0 Å². The van der Waals surface area contributed by atoms with Crippen LogP contribution < -0.4 is 0 Å². The Bertz CT molecular complexity index is 909. The van der Waals surface area contributed by atoms with Gasteiger partial charge in [-0.1, -0.05) is 35.3 Å². The van der Waals surface area contributed by atoms with E-state index in [9.17, 15) is 14.0 Å². The molecule has 3 rings (SSSR count). The predicted octanol–water partition coefficient (Wildman–Crippen LogP) is 5.34. The molecular weight excluding hydrogens is 424 g/mol. The van der Waals surface area contributed by atoms with Gasteiger partial charge in [0.05, 0.1) is 16.1 Å². The number of halogens is 3. The lowest BCUT2D eigenvalue weighted by atomic mass is 10.1. The van der Waals surface area contributed by atoms with Crippen molar-refractivity contribution in [3.63, 3.8) is 0 Å². The van der Waals surface area contributed by atoms with Crippen LogP contribution in [-0.4, -0.2) is 34.7 Å². The molecule has 2 aromatic carbocycles. The standard InChI is InChI=1S/C20H18Cl2FNO3S/c1-11(2)27-20(26)17-10-28-19(13-6-7-15(21)16(22)9-13)24(17)18(25)12-4-3-5-14(23)8-12/h3-9,11,17,19H,10H2,1-2H3. The molecule has 1 heterocycles. The summed E-state index contributed by atoms with van der Waals surface area (Å²) in [6.07, 6.45) is -0.312. The van der Waals surface area contributed by atoms with Gasteiger partial charge in [-0.3, -0.25) is 4.79 Å². The zero-order chi connectivity index (χ0) is 20.4. The molecule has 2 atom stereocenters. The fraction of sp³-hybridized carbons (Fsp3) is 0.300. The second kappa shape index (κ2) is 8.72. The third kappa shape index (κ3) is 4.45. The van der Waals surface area contributed by atoms with Crippen molar-refractivity contribution in [1.82, 2.24) is 4.90 Å². The van der Waals surface area contributed by atoms with E-state index in [0.29, 0.717) is 15.8 Å². The van der Waals surface area contributed by atoms with Crippen LogP contribution in [0.4, 0.5) is 4.39 Å². The molecule has 0 bridgehead atoms. The van der Waals surface area contributed by atoms with Crippen LogP contribution in [0.15, 0.2) is 42.5 Å². The highest BCUT2D eigenvalue weighted by atomic mass is 35.5. The average Bonchev–Trinajstić information content (AvgIpc) is 3.08.